The molecule has 14 heteroatoms. The molecular formula is C27H18F6O2S6. The van der Waals surface area contributed by atoms with Crippen molar-refractivity contribution in [3.63, 3.8) is 0 Å². The lowest BCUT2D eigenvalue weighted by atomic mass is 9.71. The van der Waals surface area contributed by atoms with Crippen molar-refractivity contribution in [1.29, 1.82) is 0 Å². The average molecular weight is 681 g/mol. The van der Waals surface area contributed by atoms with E-state index in [0.717, 1.165) is 23.5 Å². The first-order chi connectivity index (χ1) is 18.9. The summed E-state index contributed by atoms with van der Waals surface area (Å²) in [7, 11) is 0. The van der Waals surface area contributed by atoms with E-state index in [2.05, 4.69) is 0 Å². The molecule has 1 saturated carbocycles. The number of halogens is 6. The molecule has 0 N–H and O–H groups in total. The number of hydrogen-bond acceptors (Lipinski definition) is 8. The summed E-state index contributed by atoms with van der Waals surface area (Å²) >= 11 is 6.86. The summed E-state index contributed by atoms with van der Waals surface area (Å²) in [6, 6.07) is 6.83. The minimum Gasteiger partial charge on any atom is -0.287 e. The molecule has 0 bridgehead atoms. The number of alkyl halides is 6. The summed E-state index contributed by atoms with van der Waals surface area (Å²) in [5.74, 6) is -15.8. The quantitative estimate of drug-likeness (QED) is 0.236. The lowest BCUT2D eigenvalue weighted by molar-refractivity contribution is -0.258. The van der Waals surface area contributed by atoms with E-state index >= 15 is 17.6 Å². The molecule has 2 nitrogen and oxygen atoms in total. The lowest BCUT2D eigenvalue weighted by Gasteiger charge is -2.47. The zero-order chi connectivity index (χ0) is 29.9. The number of carbonyl (C=O) groups is 2. The number of fused-ring (bicyclic) bond motifs is 4. The molecule has 2 unspecified atom stereocenters. The molecule has 2 aromatic rings. The van der Waals surface area contributed by atoms with Crippen molar-refractivity contribution in [2.24, 2.45) is 0 Å². The highest BCUT2D eigenvalue weighted by Gasteiger charge is 2.84. The van der Waals surface area contributed by atoms with Crippen LogP contribution in [0.2, 0.25) is 0 Å². The summed E-state index contributed by atoms with van der Waals surface area (Å²) in [4.78, 5) is 25.4. The molecule has 0 saturated heterocycles. The third-order valence-electron chi connectivity index (χ3n) is 7.46. The number of hydrogen-bond donors (Lipinski definition) is 0. The van der Waals surface area contributed by atoms with Crippen LogP contribution in [0.5, 0.6) is 0 Å². The summed E-state index contributed by atoms with van der Waals surface area (Å²) in [6.45, 7) is 6.09. The Kier molecular flexibility index (Phi) is 6.77. The van der Waals surface area contributed by atoms with Crippen LogP contribution in [0, 0.1) is 0 Å². The van der Waals surface area contributed by atoms with E-state index in [-0.39, 0.29) is 21.4 Å². The van der Waals surface area contributed by atoms with Gasteiger partial charge >= 0.3 is 17.8 Å². The SMILES string of the molecule is CC(=O)Sc1ccc(C2=CC3=C4C(=C5C=C(c6ccc(SC(C)=O)s6)SC5(C)C3(C)S2)C(F)(F)C(F)(F)C4(F)F)s1. The lowest BCUT2D eigenvalue weighted by Crippen LogP contribution is -2.48. The van der Waals surface area contributed by atoms with Crippen molar-refractivity contribution in [3.8, 4) is 0 Å². The van der Waals surface area contributed by atoms with Gasteiger partial charge in [-0.05, 0) is 84.9 Å². The van der Waals surface area contributed by atoms with Crippen LogP contribution in [0.1, 0.15) is 37.4 Å². The van der Waals surface area contributed by atoms with E-state index in [0.29, 0.717) is 28.0 Å². The molecule has 4 aliphatic rings. The number of rotatable bonds is 4. The van der Waals surface area contributed by atoms with Crippen molar-refractivity contribution in [3.05, 3.63) is 68.5 Å². The van der Waals surface area contributed by atoms with Gasteiger partial charge in [0.1, 0.15) is 0 Å². The second-order valence-corrected chi connectivity index (χ2v) is 18.1. The van der Waals surface area contributed by atoms with Gasteiger partial charge < -0.3 is 0 Å². The fourth-order valence-corrected chi connectivity index (χ4v) is 12.6. The van der Waals surface area contributed by atoms with E-state index in [1.54, 1.807) is 38.1 Å². The largest absolute Gasteiger partial charge is 0.380 e. The first-order valence-corrected chi connectivity index (χ1v) is 16.9. The Labute approximate surface area is 256 Å². The van der Waals surface area contributed by atoms with E-state index in [9.17, 15) is 18.4 Å². The summed E-state index contributed by atoms with van der Waals surface area (Å²) in [6.07, 6.45) is 2.68. The maximum atomic E-state index is 15.5. The molecule has 41 heavy (non-hydrogen) atoms. The number of carbonyl (C=O) groups excluding carboxylic acids is 2. The molecule has 1 fully saturated rings. The first kappa shape index (κ1) is 29.7. The van der Waals surface area contributed by atoms with Crippen molar-refractivity contribution in [2.75, 3.05) is 0 Å². The van der Waals surface area contributed by atoms with E-state index in [1.807, 2.05) is 0 Å². The Bertz CT molecular complexity index is 1560. The normalized spacial score (nSPS) is 28.8. The standard InChI is InChI=1S/C27H18F6O2S6/c1-11(34)36-19-7-5-15(38-19)17-9-13-21-22(26(30,31)27(32,33)25(21,28)29)14-10-18(41-24(14,4)23(13,3)40-17)16-6-8-20(39-16)37-12(2)35/h5-10H,1-4H3. The van der Waals surface area contributed by atoms with Crippen LogP contribution >= 0.6 is 69.7 Å². The Morgan fingerprint density at radius 1 is 0.659 bits per heavy atom. The van der Waals surface area contributed by atoms with Crippen molar-refractivity contribution in [2.45, 2.75) is 63.4 Å². The number of allylic oxidation sites excluding steroid dienone is 4. The summed E-state index contributed by atoms with van der Waals surface area (Å²) < 4.78 is 90.7. The van der Waals surface area contributed by atoms with Crippen LogP contribution in [-0.2, 0) is 9.59 Å². The summed E-state index contributed by atoms with van der Waals surface area (Å²) in [5, 5.41) is -0.282. The van der Waals surface area contributed by atoms with Crippen LogP contribution in [0.4, 0.5) is 26.3 Å². The average Bonchev–Trinajstić information content (AvgIpc) is 3.63. The second-order valence-electron chi connectivity index (χ2n) is 10.0. The summed E-state index contributed by atoms with van der Waals surface area (Å²) in [5.41, 5.74) is -3.10. The van der Waals surface area contributed by atoms with Crippen molar-refractivity contribution >= 4 is 89.8 Å². The fraction of sp³-hybridized carbons (Fsp3) is 0.333. The van der Waals surface area contributed by atoms with Gasteiger partial charge in [-0.15, -0.1) is 46.2 Å². The maximum Gasteiger partial charge on any atom is 0.380 e. The highest BCUT2D eigenvalue weighted by Crippen LogP contribution is 2.75. The van der Waals surface area contributed by atoms with Gasteiger partial charge in [-0.2, -0.15) is 26.3 Å². The predicted octanol–water partition coefficient (Wildman–Crippen LogP) is 10.0. The first-order valence-electron chi connectivity index (χ1n) is 12.0. The third-order valence-corrected chi connectivity index (χ3v) is 15.1. The van der Waals surface area contributed by atoms with Gasteiger partial charge in [0.05, 0.1) is 17.9 Å². The molecule has 0 spiro atoms. The molecular weight excluding hydrogens is 663 g/mol. The maximum absolute atomic E-state index is 15.5. The van der Waals surface area contributed by atoms with Gasteiger partial charge in [0.2, 0.25) is 0 Å². The van der Waals surface area contributed by atoms with Crippen molar-refractivity contribution < 1.29 is 35.9 Å². The molecule has 0 aromatic carbocycles. The highest BCUT2D eigenvalue weighted by molar-refractivity contribution is 8.16. The van der Waals surface area contributed by atoms with Crippen molar-refractivity contribution in [1.82, 2.24) is 0 Å². The molecule has 0 radical (unpaired) electrons. The minimum atomic E-state index is -5.62. The van der Waals surface area contributed by atoms with Gasteiger partial charge in [-0.1, -0.05) is 0 Å². The van der Waals surface area contributed by atoms with Crippen LogP contribution in [0.15, 0.2) is 67.1 Å². The molecule has 2 atom stereocenters. The van der Waals surface area contributed by atoms with E-state index < -0.39 is 38.4 Å². The monoisotopic (exact) mass is 680 g/mol. The van der Waals surface area contributed by atoms with Crippen LogP contribution < -0.4 is 0 Å². The Hall–Kier alpha value is -1.32. The van der Waals surface area contributed by atoms with Crippen LogP contribution in [-0.4, -0.2) is 37.5 Å². The van der Waals surface area contributed by atoms with E-state index in [1.165, 1.54) is 72.2 Å². The van der Waals surface area contributed by atoms with Gasteiger partial charge in [-0.3, -0.25) is 9.59 Å². The van der Waals surface area contributed by atoms with Gasteiger partial charge in [0.15, 0.2) is 10.2 Å². The Balaban J connectivity index is 1.56. The smallest absolute Gasteiger partial charge is 0.287 e. The fourth-order valence-electron chi connectivity index (χ4n) is 5.45. The highest BCUT2D eigenvalue weighted by atomic mass is 32.2. The molecule has 216 valence electrons. The third kappa shape index (κ3) is 4.03. The zero-order valence-electron chi connectivity index (χ0n) is 21.5. The minimum absolute atomic E-state index is 0.141. The van der Waals surface area contributed by atoms with Gasteiger partial charge in [-0.25, -0.2) is 0 Å². The topological polar surface area (TPSA) is 34.1 Å². The Morgan fingerprint density at radius 2 is 1.02 bits per heavy atom. The molecule has 4 heterocycles. The van der Waals surface area contributed by atoms with Gasteiger partial charge in [0, 0.05) is 44.6 Å². The Morgan fingerprint density at radius 3 is 1.37 bits per heavy atom. The zero-order valence-corrected chi connectivity index (χ0v) is 26.4. The number of thioether (sulfide) groups is 4. The van der Waals surface area contributed by atoms with Crippen LogP contribution in [0.25, 0.3) is 9.81 Å². The molecule has 2 aromatic heterocycles. The van der Waals surface area contributed by atoms with E-state index in [4.69, 9.17) is 0 Å². The molecule has 0 amide bonds. The van der Waals surface area contributed by atoms with Gasteiger partial charge in [0.25, 0.3) is 0 Å². The number of thiophene rings is 2. The molecule has 6 rings (SSSR count). The molecule has 2 aliphatic heterocycles. The second kappa shape index (κ2) is 9.34. The predicted molar refractivity (Wildman–Crippen MR) is 159 cm³/mol. The van der Waals surface area contributed by atoms with Crippen LogP contribution in [0.3, 0.4) is 0 Å². The molecule has 2 aliphatic carbocycles.